The van der Waals surface area contributed by atoms with Gasteiger partial charge in [0.05, 0.1) is 0 Å². The molecular weight excluding hydrogens is 268 g/mol. The Bertz CT molecular complexity index is 632. The normalized spacial score (nSPS) is 12.1. The molecule has 1 atom stereocenters. The van der Waals surface area contributed by atoms with E-state index in [0.29, 0.717) is 5.69 Å². The SMILES string of the molecule is CC(C)[C@@H](NC(=O)c1ccc(-c2ccccc2)[nH]1)C(=O)O. The largest absolute Gasteiger partial charge is 0.480 e. The zero-order chi connectivity index (χ0) is 15.4. The van der Waals surface area contributed by atoms with Gasteiger partial charge in [-0.15, -0.1) is 0 Å². The number of H-pyrrole nitrogens is 1. The third kappa shape index (κ3) is 3.51. The van der Waals surface area contributed by atoms with Crippen molar-refractivity contribution in [1.82, 2.24) is 10.3 Å². The predicted octanol–water partition coefficient (Wildman–Crippen LogP) is 2.52. The van der Waals surface area contributed by atoms with Crippen molar-refractivity contribution >= 4 is 11.9 Å². The van der Waals surface area contributed by atoms with Crippen LogP contribution in [0.25, 0.3) is 11.3 Å². The van der Waals surface area contributed by atoms with Gasteiger partial charge in [0.1, 0.15) is 11.7 Å². The van der Waals surface area contributed by atoms with Crippen LogP contribution in [0.3, 0.4) is 0 Å². The van der Waals surface area contributed by atoms with Crippen LogP contribution in [-0.2, 0) is 4.79 Å². The average Bonchev–Trinajstić information content (AvgIpc) is 2.94. The van der Waals surface area contributed by atoms with Gasteiger partial charge in [-0.1, -0.05) is 44.2 Å². The molecule has 1 heterocycles. The molecule has 2 aromatic rings. The summed E-state index contributed by atoms with van der Waals surface area (Å²) in [5.41, 5.74) is 2.13. The maximum absolute atomic E-state index is 12.1. The van der Waals surface area contributed by atoms with Gasteiger partial charge in [-0.25, -0.2) is 4.79 Å². The van der Waals surface area contributed by atoms with Crippen LogP contribution in [0.2, 0.25) is 0 Å². The van der Waals surface area contributed by atoms with Gasteiger partial charge in [-0.3, -0.25) is 4.79 Å². The van der Waals surface area contributed by atoms with E-state index < -0.39 is 17.9 Å². The summed E-state index contributed by atoms with van der Waals surface area (Å²) < 4.78 is 0. The highest BCUT2D eigenvalue weighted by Gasteiger charge is 2.24. The molecule has 5 heteroatoms. The van der Waals surface area contributed by atoms with E-state index in [0.717, 1.165) is 11.3 Å². The zero-order valence-electron chi connectivity index (χ0n) is 12.0. The minimum absolute atomic E-state index is 0.185. The smallest absolute Gasteiger partial charge is 0.326 e. The molecule has 0 fully saturated rings. The third-order valence-corrected chi connectivity index (χ3v) is 3.23. The molecule has 0 unspecified atom stereocenters. The molecule has 0 bridgehead atoms. The standard InChI is InChI=1S/C16H18N2O3/c1-10(2)14(16(20)21)18-15(19)13-9-8-12(17-13)11-6-4-3-5-7-11/h3-10,14,17H,1-2H3,(H,18,19)(H,20,21)/t14-/m1/s1. The molecule has 0 aliphatic carbocycles. The number of hydrogen-bond acceptors (Lipinski definition) is 2. The Labute approximate surface area is 123 Å². The number of aromatic nitrogens is 1. The van der Waals surface area contributed by atoms with Gasteiger partial charge in [0.2, 0.25) is 0 Å². The zero-order valence-corrected chi connectivity index (χ0v) is 12.0. The van der Waals surface area contributed by atoms with E-state index in [-0.39, 0.29) is 5.92 Å². The Kier molecular flexibility index (Phi) is 4.42. The van der Waals surface area contributed by atoms with Crippen LogP contribution in [-0.4, -0.2) is 28.0 Å². The number of amides is 1. The quantitative estimate of drug-likeness (QED) is 0.790. The van der Waals surface area contributed by atoms with E-state index >= 15 is 0 Å². The summed E-state index contributed by atoms with van der Waals surface area (Å²) in [6.45, 7) is 3.51. The fourth-order valence-corrected chi connectivity index (χ4v) is 2.05. The van der Waals surface area contributed by atoms with Crippen LogP contribution in [0.15, 0.2) is 42.5 Å². The number of carboxylic acid groups (broad SMARTS) is 1. The summed E-state index contributed by atoms with van der Waals surface area (Å²) in [6, 6.07) is 12.2. The molecule has 0 aliphatic heterocycles. The number of hydrogen-bond donors (Lipinski definition) is 3. The first-order chi connectivity index (χ1) is 9.99. The fourth-order valence-electron chi connectivity index (χ4n) is 2.05. The van der Waals surface area contributed by atoms with E-state index in [9.17, 15) is 9.59 Å². The number of rotatable bonds is 5. The first kappa shape index (κ1) is 14.8. The van der Waals surface area contributed by atoms with Crippen LogP contribution < -0.4 is 5.32 Å². The van der Waals surface area contributed by atoms with Crippen molar-refractivity contribution in [3.8, 4) is 11.3 Å². The topological polar surface area (TPSA) is 82.2 Å². The minimum Gasteiger partial charge on any atom is -0.480 e. The minimum atomic E-state index is -1.03. The third-order valence-electron chi connectivity index (χ3n) is 3.23. The highest BCUT2D eigenvalue weighted by molar-refractivity contribution is 5.95. The van der Waals surface area contributed by atoms with Crippen molar-refractivity contribution in [2.24, 2.45) is 5.92 Å². The second kappa shape index (κ2) is 6.26. The molecule has 110 valence electrons. The van der Waals surface area contributed by atoms with Crippen LogP contribution in [0.4, 0.5) is 0 Å². The summed E-state index contributed by atoms with van der Waals surface area (Å²) >= 11 is 0. The summed E-state index contributed by atoms with van der Waals surface area (Å²) in [7, 11) is 0. The molecular formula is C16H18N2O3. The monoisotopic (exact) mass is 286 g/mol. The van der Waals surface area contributed by atoms with Crippen LogP contribution >= 0.6 is 0 Å². The molecule has 0 saturated heterocycles. The molecule has 3 N–H and O–H groups in total. The number of carboxylic acids is 1. The van der Waals surface area contributed by atoms with Gasteiger partial charge in [-0.05, 0) is 23.6 Å². The Morgan fingerprint density at radius 2 is 1.76 bits per heavy atom. The van der Waals surface area contributed by atoms with Crippen molar-refractivity contribution < 1.29 is 14.7 Å². The van der Waals surface area contributed by atoms with Gasteiger partial charge in [0.15, 0.2) is 0 Å². The summed E-state index contributed by atoms with van der Waals surface area (Å²) in [4.78, 5) is 26.2. The van der Waals surface area contributed by atoms with E-state index in [2.05, 4.69) is 10.3 Å². The van der Waals surface area contributed by atoms with Crippen molar-refractivity contribution in [1.29, 1.82) is 0 Å². The van der Waals surface area contributed by atoms with Crippen molar-refractivity contribution in [3.63, 3.8) is 0 Å². The Hall–Kier alpha value is -2.56. The molecule has 0 radical (unpaired) electrons. The molecule has 1 amide bonds. The summed E-state index contributed by atoms with van der Waals surface area (Å²) in [6.07, 6.45) is 0. The Balaban J connectivity index is 2.14. The van der Waals surface area contributed by atoms with Gasteiger partial charge >= 0.3 is 5.97 Å². The van der Waals surface area contributed by atoms with Crippen molar-refractivity contribution in [2.75, 3.05) is 0 Å². The molecule has 21 heavy (non-hydrogen) atoms. The number of aliphatic carboxylic acids is 1. The maximum Gasteiger partial charge on any atom is 0.326 e. The Morgan fingerprint density at radius 1 is 1.10 bits per heavy atom. The fraction of sp³-hybridized carbons (Fsp3) is 0.250. The highest BCUT2D eigenvalue weighted by atomic mass is 16.4. The van der Waals surface area contributed by atoms with Crippen LogP contribution in [0.1, 0.15) is 24.3 Å². The van der Waals surface area contributed by atoms with Gasteiger partial charge in [-0.2, -0.15) is 0 Å². The van der Waals surface area contributed by atoms with E-state index in [4.69, 9.17) is 5.11 Å². The maximum atomic E-state index is 12.1. The van der Waals surface area contributed by atoms with E-state index in [1.54, 1.807) is 26.0 Å². The highest BCUT2D eigenvalue weighted by Crippen LogP contribution is 2.18. The Morgan fingerprint density at radius 3 is 2.33 bits per heavy atom. The molecule has 2 rings (SSSR count). The molecule has 0 saturated carbocycles. The van der Waals surface area contributed by atoms with Gasteiger partial charge < -0.3 is 15.4 Å². The lowest BCUT2D eigenvalue weighted by Gasteiger charge is -2.17. The first-order valence-electron chi connectivity index (χ1n) is 6.77. The predicted molar refractivity (Wildman–Crippen MR) is 80.0 cm³/mol. The summed E-state index contributed by atoms with van der Waals surface area (Å²) in [5, 5.41) is 11.6. The molecule has 0 aliphatic rings. The average molecular weight is 286 g/mol. The lowest BCUT2D eigenvalue weighted by Crippen LogP contribution is -2.44. The lowest BCUT2D eigenvalue weighted by atomic mass is 10.0. The van der Waals surface area contributed by atoms with Crippen molar-refractivity contribution in [3.05, 3.63) is 48.2 Å². The second-order valence-electron chi connectivity index (χ2n) is 5.19. The summed E-state index contributed by atoms with van der Waals surface area (Å²) in [5.74, 6) is -1.64. The van der Waals surface area contributed by atoms with E-state index in [1.165, 1.54) is 0 Å². The molecule has 5 nitrogen and oxygen atoms in total. The first-order valence-corrected chi connectivity index (χ1v) is 6.77. The number of aromatic amines is 1. The second-order valence-corrected chi connectivity index (χ2v) is 5.19. The molecule has 1 aromatic heterocycles. The lowest BCUT2D eigenvalue weighted by molar-refractivity contribution is -0.140. The van der Waals surface area contributed by atoms with Gasteiger partial charge in [0.25, 0.3) is 5.91 Å². The van der Waals surface area contributed by atoms with Crippen LogP contribution in [0, 0.1) is 5.92 Å². The van der Waals surface area contributed by atoms with Gasteiger partial charge in [0, 0.05) is 5.69 Å². The number of nitrogens with one attached hydrogen (secondary N) is 2. The van der Waals surface area contributed by atoms with Crippen molar-refractivity contribution in [2.45, 2.75) is 19.9 Å². The number of carbonyl (C=O) groups excluding carboxylic acids is 1. The van der Waals surface area contributed by atoms with E-state index in [1.807, 2.05) is 30.3 Å². The molecule has 1 aromatic carbocycles. The number of benzene rings is 1. The van der Waals surface area contributed by atoms with Crippen LogP contribution in [0.5, 0.6) is 0 Å². The number of carbonyl (C=O) groups is 2. The molecule has 0 spiro atoms.